The van der Waals surface area contributed by atoms with Crippen LogP contribution < -0.4 is 14.8 Å². The lowest BCUT2D eigenvalue weighted by Gasteiger charge is -2.49. The molecule has 2 aliphatic heterocycles. The second kappa shape index (κ2) is 9.90. The number of likely N-dealkylation sites (tertiary alicyclic amines) is 1. The summed E-state index contributed by atoms with van der Waals surface area (Å²) in [6.07, 6.45) is -1.07. The predicted molar refractivity (Wildman–Crippen MR) is 122 cm³/mol. The molecule has 2 aliphatic rings. The van der Waals surface area contributed by atoms with Gasteiger partial charge in [0, 0.05) is 18.2 Å². The van der Waals surface area contributed by atoms with Crippen LogP contribution >= 0.6 is 0 Å². The lowest BCUT2D eigenvalue weighted by molar-refractivity contribution is -0.174. The van der Waals surface area contributed by atoms with E-state index in [9.17, 15) is 9.59 Å². The number of rotatable bonds is 8. The summed E-state index contributed by atoms with van der Waals surface area (Å²) in [5, 5.41) is 2.71. The molecule has 0 radical (unpaired) electrons. The maximum atomic E-state index is 13.1. The van der Waals surface area contributed by atoms with Crippen molar-refractivity contribution in [1.82, 2.24) is 10.2 Å². The summed E-state index contributed by atoms with van der Waals surface area (Å²) < 4.78 is 27.8. The maximum Gasteiger partial charge on any atom is 0.408 e. The Labute approximate surface area is 198 Å². The molecule has 4 rings (SSSR count). The molecule has 182 valence electrons. The van der Waals surface area contributed by atoms with Crippen LogP contribution in [-0.4, -0.2) is 61.7 Å². The van der Waals surface area contributed by atoms with Crippen molar-refractivity contribution in [2.75, 3.05) is 20.8 Å². The third-order valence-corrected chi connectivity index (χ3v) is 5.98. The van der Waals surface area contributed by atoms with Gasteiger partial charge in [0.2, 0.25) is 5.91 Å². The van der Waals surface area contributed by atoms with Crippen molar-refractivity contribution in [2.24, 2.45) is 0 Å². The minimum absolute atomic E-state index is 0.112. The Bertz CT molecular complexity index is 1030. The number of carbonyl (C=O) groups is 2. The molecule has 2 saturated heterocycles. The number of ether oxygens (including phenoxy) is 5. The summed E-state index contributed by atoms with van der Waals surface area (Å²) in [6, 6.07) is 13.6. The molecular formula is C25H30N2O7. The highest BCUT2D eigenvalue weighted by atomic mass is 16.7. The van der Waals surface area contributed by atoms with Crippen molar-refractivity contribution in [3.8, 4) is 11.5 Å². The third-order valence-electron chi connectivity index (χ3n) is 5.98. The molecule has 2 aromatic rings. The number of benzene rings is 2. The largest absolute Gasteiger partial charge is 0.497 e. The van der Waals surface area contributed by atoms with E-state index in [0.717, 1.165) is 11.1 Å². The Morgan fingerprint density at radius 3 is 2.56 bits per heavy atom. The van der Waals surface area contributed by atoms with E-state index in [1.807, 2.05) is 56.3 Å². The first-order chi connectivity index (χ1) is 16.3. The normalized spacial score (nSPS) is 23.2. The van der Waals surface area contributed by atoms with Gasteiger partial charge in [0.1, 0.15) is 30.3 Å². The molecule has 9 heteroatoms. The minimum Gasteiger partial charge on any atom is -0.497 e. The molecule has 0 bridgehead atoms. The molecule has 0 saturated carbocycles. The first-order valence-corrected chi connectivity index (χ1v) is 11.1. The summed E-state index contributed by atoms with van der Waals surface area (Å²) in [4.78, 5) is 27.3. The van der Waals surface area contributed by atoms with E-state index >= 15 is 0 Å². The number of nitrogens with zero attached hydrogens (tertiary/aromatic N) is 1. The van der Waals surface area contributed by atoms with Gasteiger partial charge in [0.25, 0.3) is 0 Å². The minimum atomic E-state index is -0.782. The van der Waals surface area contributed by atoms with E-state index in [0.29, 0.717) is 18.1 Å². The molecule has 2 fully saturated rings. The molecule has 9 nitrogen and oxygen atoms in total. The molecule has 2 aromatic carbocycles. The number of hydrogen-bond acceptors (Lipinski definition) is 7. The van der Waals surface area contributed by atoms with Gasteiger partial charge in [-0.15, -0.1) is 0 Å². The topological polar surface area (TPSA) is 95.6 Å². The van der Waals surface area contributed by atoms with Crippen LogP contribution in [0.4, 0.5) is 4.79 Å². The summed E-state index contributed by atoms with van der Waals surface area (Å²) in [6.45, 7) is 4.34. The summed E-state index contributed by atoms with van der Waals surface area (Å²) >= 11 is 0. The van der Waals surface area contributed by atoms with E-state index in [2.05, 4.69) is 5.32 Å². The maximum absolute atomic E-state index is 13.1. The zero-order chi connectivity index (χ0) is 24.3. The second-order valence-electron chi connectivity index (χ2n) is 8.69. The fourth-order valence-corrected chi connectivity index (χ4v) is 4.26. The fraction of sp³-hybridized carbons (Fsp3) is 0.440. The highest BCUT2D eigenvalue weighted by molar-refractivity contribution is 5.92. The Balaban J connectivity index is 1.47. The second-order valence-corrected chi connectivity index (χ2v) is 8.69. The number of amides is 2. The molecular weight excluding hydrogens is 440 g/mol. The van der Waals surface area contributed by atoms with Crippen LogP contribution in [0.25, 0.3) is 0 Å². The zero-order valence-corrected chi connectivity index (χ0v) is 19.8. The van der Waals surface area contributed by atoms with Crippen LogP contribution in [0.3, 0.4) is 0 Å². The van der Waals surface area contributed by atoms with E-state index in [1.165, 1.54) is 0 Å². The van der Waals surface area contributed by atoms with E-state index in [4.69, 9.17) is 23.7 Å². The summed E-state index contributed by atoms with van der Waals surface area (Å²) in [5.74, 6) is 0.258. The number of carbonyl (C=O) groups excluding carboxylic acids is 2. The lowest BCUT2D eigenvalue weighted by Crippen LogP contribution is -2.74. The average Bonchev–Trinajstić information content (AvgIpc) is 3.20. The number of β-lactam (4-membered cyclic amide) rings is 1. The van der Waals surface area contributed by atoms with Crippen molar-refractivity contribution in [3.05, 3.63) is 59.7 Å². The standard InChI is InChI=1S/C25H30N2O7/c1-25(2)33-15-20(34-25)22-21(26-24(29)32-14-16-8-6-5-7-9-16)23(28)27(22)13-17-10-11-18(30-3)12-19(17)31-4/h5-12,20-22H,13-15H2,1-4H3,(H,26,29)/t20-,21-,22+/m1/s1. The SMILES string of the molecule is COc1ccc(CN2C(=O)[C@H](NC(=O)OCc3ccccc3)[C@@H]2[C@H]2COC(C)(C)O2)c(OC)c1. The van der Waals surface area contributed by atoms with Crippen LogP contribution in [0.2, 0.25) is 0 Å². The molecule has 0 aromatic heterocycles. The Hall–Kier alpha value is -3.30. The highest BCUT2D eigenvalue weighted by Gasteiger charge is 2.55. The van der Waals surface area contributed by atoms with Gasteiger partial charge in [-0.25, -0.2) is 4.79 Å². The molecule has 0 aliphatic carbocycles. The van der Waals surface area contributed by atoms with Gasteiger partial charge in [-0.3, -0.25) is 4.79 Å². The predicted octanol–water partition coefficient (Wildman–Crippen LogP) is 2.86. The van der Waals surface area contributed by atoms with Gasteiger partial charge in [0.05, 0.1) is 26.9 Å². The number of methoxy groups -OCH3 is 2. The van der Waals surface area contributed by atoms with E-state index in [-0.39, 0.29) is 19.1 Å². The van der Waals surface area contributed by atoms with E-state index in [1.54, 1.807) is 25.2 Å². The summed E-state index contributed by atoms with van der Waals surface area (Å²) in [7, 11) is 3.15. The molecule has 1 N–H and O–H groups in total. The molecule has 3 atom stereocenters. The molecule has 34 heavy (non-hydrogen) atoms. The van der Waals surface area contributed by atoms with Crippen LogP contribution in [0.1, 0.15) is 25.0 Å². The smallest absolute Gasteiger partial charge is 0.408 e. The fourth-order valence-electron chi connectivity index (χ4n) is 4.26. The Morgan fingerprint density at radius 2 is 1.91 bits per heavy atom. The molecule has 0 spiro atoms. The number of hydrogen-bond donors (Lipinski definition) is 1. The van der Waals surface area contributed by atoms with Gasteiger partial charge in [0.15, 0.2) is 5.79 Å². The van der Waals surface area contributed by atoms with Gasteiger partial charge in [-0.05, 0) is 31.5 Å². The van der Waals surface area contributed by atoms with Gasteiger partial charge in [-0.1, -0.05) is 30.3 Å². The first-order valence-electron chi connectivity index (χ1n) is 11.1. The van der Waals surface area contributed by atoms with Crippen molar-refractivity contribution in [3.63, 3.8) is 0 Å². The monoisotopic (exact) mass is 470 g/mol. The first kappa shape index (κ1) is 23.8. The third kappa shape index (κ3) is 5.10. The van der Waals surface area contributed by atoms with Gasteiger partial charge in [-0.2, -0.15) is 0 Å². The van der Waals surface area contributed by atoms with Crippen LogP contribution in [0.15, 0.2) is 48.5 Å². The average molecular weight is 471 g/mol. The highest BCUT2D eigenvalue weighted by Crippen LogP contribution is 2.35. The lowest BCUT2D eigenvalue weighted by atomic mass is 9.89. The van der Waals surface area contributed by atoms with E-state index < -0.39 is 30.1 Å². The van der Waals surface area contributed by atoms with Crippen molar-refractivity contribution in [1.29, 1.82) is 0 Å². The van der Waals surface area contributed by atoms with Crippen molar-refractivity contribution in [2.45, 2.75) is 51.0 Å². The van der Waals surface area contributed by atoms with Crippen molar-refractivity contribution < 1.29 is 33.3 Å². The zero-order valence-electron chi connectivity index (χ0n) is 19.8. The van der Waals surface area contributed by atoms with Crippen molar-refractivity contribution >= 4 is 12.0 Å². The van der Waals surface area contributed by atoms with Crippen LogP contribution in [-0.2, 0) is 32.2 Å². The Morgan fingerprint density at radius 1 is 1.15 bits per heavy atom. The molecule has 2 heterocycles. The van der Waals surface area contributed by atoms with Crippen LogP contribution in [0.5, 0.6) is 11.5 Å². The van der Waals surface area contributed by atoms with Gasteiger partial charge >= 0.3 is 6.09 Å². The van der Waals surface area contributed by atoms with Crippen LogP contribution in [0, 0.1) is 0 Å². The Kier molecular flexibility index (Phi) is 6.95. The molecule has 0 unspecified atom stereocenters. The number of nitrogens with one attached hydrogen (secondary N) is 1. The van der Waals surface area contributed by atoms with Gasteiger partial charge < -0.3 is 33.9 Å². The molecule has 2 amide bonds. The quantitative estimate of drug-likeness (QED) is 0.593. The number of alkyl carbamates (subject to hydrolysis) is 1. The summed E-state index contributed by atoms with van der Waals surface area (Å²) in [5.41, 5.74) is 1.67.